The summed E-state index contributed by atoms with van der Waals surface area (Å²) in [5.74, 6) is 0.516. The molecule has 1 unspecified atom stereocenters. The molecule has 0 bridgehead atoms. The number of hydrogen-bond donors (Lipinski definition) is 0. The number of thiazole rings is 1. The molecule has 25 heavy (non-hydrogen) atoms. The van der Waals surface area contributed by atoms with Crippen molar-refractivity contribution in [2.75, 3.05) is 7.05 Å². The van der Waals surface area contributed by atoms with Crippen LogP contribution < -0.4 is 4.80 Å². The zero-order chi connectivity index (χ0) is 17.1. The molecule has 4 heteroatoms. The molecule has 2 aromatic carbocycles. The van der Waals surface area contributed by atoms with Gasteiger partial charge >= 0.3 is 0 Å². The highest BCUT2D eigenvalue weighted by Crippen LogP contribution is 2.29. The van der Waals surface area contributed by atoms with Gasteiger partial charge in [-0.15, -0.1) is 11.3 Å². The number of nitrogens with zero attached hydrogens (tertiary/aromatic N) is 3. The lowest BCUT2D eigenvalue weighted by Crippen LogP contribution is -2.13. The Balaban J connectivity index is 1.81. The summed E-state index contributed by atoms with van der Waals surface area (Å²) in [6.45, 7) is 0. The summed E-state index contributed by atoms with van der Waals surface area (Å²) in [7, 11) is 1.83. The summed E-state index contributed by atoms with van der Waals surface area (Å²) < 4.78 is 1.99. The van der Waals surface area contributed by atoms with Crippen LogP contribution in [0.3, 0.4) is 0 Å². The molecule has 0 saturated heterocycles. The molecule has 0 N–H and O–H groups in total. The number of hydrogen-bond acceptors (Lipinski definition) is 3. The van der Waals surface area contributed by atoms with Crippen molar-refractivity contribution in [2.45, 2.75) is 19.3 Å². The highest BCUT2D eigenvalue weighted by Gasteiger charge is 2.11. The monoisotopic (exact) mass is 347 g/mol. The summed E-state index contributed by atoms with van der Waals surface area (Å²) in [5.41, 5.74) is 2.30. The van der Waals surface area contributed by atoms with E-state index < -0.39 is 0 Å². The Morgan fingerprint density at radius 2 is 2.00 bits per heavy atom. The van der Waals surface area contributed by atoms with Crippen LogP contribution in [0, 0.1) is 5.92 Å². The van der Waals surface area contributed by atoms with Crippen LogP contribution in [-0.2, 0) is 0 Å². The third-order valence-corrected chi connectivity index (χ3v) is 5.55. The molecule has 126 valence electrons. The van der Waals surface area contributed by atoms with Crippen molar-refractivity contribution in [3.8, 4) is 11.3 Å². The molecule has 3 aromatic rings. The number of aromatic nitrogens is 1. The highest BCUT2D eigenvalue weighted by atomic mass is 32.1. The van der Waals surface area contributed by atoms with Crippen molar-refractivity contribution in [3.63, 3.8) is 0 Å². The maximum absolute atomic E-state index is 4.82. The van der Waals surface area contributed by atoms with E-state index in [1.807, 2.05) is 11.7 Å². The Bertz CT molecular complexity index is 1000. The van der Waals surface area contributed by atoms with E-state index in [2.05, 4.69) is 71.2 Å². The third-order valence-electron chi connectivity index (χ3n) is 4.64. The Kier molecular flexibility index (Phi) is 4.61. The quantitative estimate of drug-likeness (QED) is 0.466. The van der Waals surface area contributed by atoms with Crippen molar-refractivity contribution < 1.29 is 0 Å². The lowest BCUT2D eigenvalue weighted by atomic mass is 9.96. The summed E-state index contributed by atoms with van der Waals surface area (Å²) in [4.78, 5) is 5.34. The minimum atomic E-state index is 0.516. The molecule has 1 atom stereocenters. The first-order valence-electron chi connectivity index (χ1n) is 8.68. The van der Waals surface area contributed by atoms with Crippen LogP contribution in [0.25, 0.3) is 22.0 Å². The van der Waals surface area contributed by atoms with Crippen LogP contribution in [-0.4, -0.2) is 17.9 Å². The first kappa shape index (κ1) is 16.0. The summed E-state index contributed by atoms with van der Waals surface area (Å²) in [6, 6.07) is 14.9. The first-order chi connectivity index (χ1) is 12.4. The second kappa shape index (κ2) is 7.19. The second-order valence-corrected chi connectivity index (χ2v) is 7.11. The third kappa shape index (κ3) is 3.22. The number of allylic oxidation sites excluding steroid dienone is 2. The molecular weight excluding hydrogens is 326 g/mol. The van der Waals surface area contributed by atoms with E-state index in [1.54, 1.807) is 11.3 Å². The average molecular weight is 347 g/mol. The Hall–Kier alpha value is -2.46. The van der Waals surface area contributed by atoms with Crippen LogP contribution in [0.5, 0.6) is 0 Å². The predicted octanol–water partition coefficient (Wildman–Crippen LogP) is 5.09. The number of benzene rings is 2. The lowest BCUT2D eigenvalue weighted by molar-refractivity contribution is 0.621. The van der Waals surface area contributed by atoms with Gasteiger partial charge in [0, 0.05) is 24.2 Å². The van der Waals surface area contributed by atoms with Crippen molar-refractivity contribution in [3.05, 3.63) is 64.8 Å². The fourth-order valence-electron chi connectivity index (χ4n) is 3.31. The van der Waals surface area contributed by atoms with Crippen LogP contribution in [0.1, 0.15) is 19.3 Å². The number of rotatable bonds is 3. The van der Waals surface area contributed by atoms with Crippen LogP contribution in [0.4, 0.5) is 0 Å². The standard InChI is InChI=1S/C21H21N3S/c1-22-21-24(23-14-16-8-3-2-4-9-16)20(15-25-21)19-13-7-11-17-10-5-6-12-18(17)19/h2-3,5-7,10-16H,4,8-9H2,1H3. The summed E-state index contributed by atoms with van der Waals surface area (Å²) in [6.07, 6.45) is 10.0. The molecule has 0 spiro atoms. The Morgan fingerprint density at radius 1 is 1.12 bits per heavy atom. The number of fused-ring (bicyclic) bond motifs is 1. The van der Waals surface area contributed by atoms with Crippen LogP contribution >= 0.6 is 11.3 Å². The van der Waals surface area contributed by atoms with Crippen molar-refractivity contribution in [1.29, 1.82) is 0 Å². The minimum Gasteiger partial charge on any atom is -0.261 e. The van der Waals surface area contributed by atoms with E-state index in [0.717, 1.165) is 23.3 Å². The fourth-order valence-corrected chi connectivity index (χ4v) is 4.10. The maximum atomic E-state index is 4.82. The average Bonchev–Trinajstić information content (AvgIpc) is 3.09. The van der Waals surface area contributed by atoms with E-state index in [-0.39, 0.29) is 0 Å². The Morgan fingerprint density at radius 3 is 2.84 bits per heavy atom. The van der Waals surface area contributed by atoms with Gasteiger partial charge in [-0.1, -0.05) is 54.6 Å². The first-order valence-corrected chi connectivity index (χ1v) is 9.56. The normalized spacial score (nSPS) is 18.4. The van der Waals surface area contributed by atoms with Gasteiger partial charge in [0.15, 0.2) is 0 Å². The summed E-state index contributed by atoms with van der Waals surface area (Å²) >= 11 is 1.63. The van der Waals surface area contributed by atoms with Gasteiger partial charge in [-0.25, -0.2) is 4.68 Å². The second-order valence-electron chi connectivity index (χ2n) is 6.27. The molecule has 1 heterocycles. The molecule has 3 nitrogen and oxygen atoms in total. The molecule has 0 aliphatic heterocycles. The van der Waals surface area contributed by atoms with Crippen molar-refractivity contribution >= 4 is 28.3 Å². The molecule has 0 amide bonds. The van der Waals surface area contributed by atoms with Gasteiger partial charge < -0.3 is 0 Å². The van der Waals surface area contributed by atoms with Gasteiger partial charge in [-0.2, -0.15) is 5.10 Å². The largest absolute Gasteiger partial charge is 0.261 e. The molecule has 1 aliphatic carbocycles. The molecule has 0 radical (unpaired) electrons. The molecule has 1 aromatic heterocycles. The molecule has 0 fully saturated rings. The molecule has 0 saturated carbocycles. The van der Waals surface area contributed by atoms with Crippen LogP contribution in [0.15, 0.2) is 70.1 Å². The zero-order valence-electron chi connectivity index (χ0n) is 14.3. The van der Waals surface area contributed by atoms with E-state index in [0.29, 0.717) is 5.92 Å². The maximum Gasteiger partial charge on any atom is 0.205 e. The minimum absolute atomic E-state index is 0.516. The van der Waals surface area contributed by atoms with Gasteiger partial charge in [0.05, 0.1) is 5.69 Å². The lowest BCUT2D eigenvalue weighted by Gasteiger charge is -2.12. The van der Waals surface area contributed by atoms with Gasteiger partial charge in [0.1, 0.15) is 0 Å². The van der Waals surface area contributed by atoms with Crippen molar-refractivity contribution in [2.24, 2.45) is 16.0 Å². The van der Waals surface area contributed by atoms with E-state index >= 15 is 0 Å². The van der Waals surface area contributed by atoms with Gasteiger partial charge in [-0.05, 0) is 36.0 Å². The van der Waals surface area contributed by atoms with Crippen LogP contribution in [0.2, 0.25) is 0 Å². The van der Waals surface area contributed by atoms with E-state index in [9.17, 15) is 0 Å². The highest BCUT2D eigenvalue weighted by molar-refractivity contribution is 7.07. The Labute approximate surface area is 151 Å². The predicted molar refractivity (Wildman–Crippen MR) is 107 cm³/mol. The van der Waals surface area contributed by atoms with Gasteiger partial charge in [-0.3, -0.25) is 4.99 Å². The molecule has 1 aliphatic rings. The van der Waals surface area contributed by atoms with Gasteiger partial charge in [0.2, 0.25) is 4.80 Å². The fraction of sp³-hybridized carbons (Fsp3) is 0.238. The smallest absolute Gasteiger partial charge is 0.205 e. The van der Waals surface area contributed by atoms with Gasteiger partial charge in [0.25, 0.3) is 0 Å². The summed E-state index contributed by atoms with van der Waals surface area (Å²) in [5, 5.41) is 9.46. The molecular formula is C21H21N3S. The topological polar surface area (TPSA) is 29.6 Å². The van der Waals surface area contributed by atoms with Crippen molar-refractivity contribution in [1.82, 2.24) is 4.68 Å². The SMILES string of the molecule is CN=c1scc(-c2cccc3ccccc23)n1N=CC1CC=CCC1. The van der Waals surface area contributed by atoms with E-state index in [4.69, 9.17) is 5.10 Å². The molecule has 4 rings (SSSR count). The van der Waals surface area contributed by atoms with E-state index in [1.165, 1.54) is 22.8 Å². The zero-order valence-corrected chi connectivity index (χ0v) is 15.1.